The molecule has 0 atom stereocenters. The van der Waals surface area contributed by atoms with Gasteiger partial charge in [0, 0.05) is 24.2 Å². The van der Waals surface area contributed by atoms with E-state index in [0.717, 1.165) is 35.8 Å². The van der Waals surface area contributed by atoms with Crippen molar-refractivity contribution in [1.29, 1.82) is 0 Å². The molecule has 0 bridgehead atoms. The Morgan fingerprint density at radius 2 is 1.67 bits per heavy atom. The molecule has 0 aliphatic heterocycles. The van der Waals surface area contributed by atoms with Crippen molar-refractivity contribution in [3.05, 3.63) is 54.6 Å². The van der Waals surface area contributed by atoms with Gasteiger partial charge in [-0.15, -0.1) is 0 Å². The highest BCUT2D eigenvalue weighted by atomic mass is 16.5. The Balaban J connectivity index is 1.99. The molecule has 3 rings (SSSR count). The molecule has 2 aromatic carbocycles. The topological polar surface area (TPSA) is 68.3 Å². The van der Waals surface area contributed by atoms with E-state index in [-0.39, 0.29) is 0 Å². The number of anilines is 3. The predicted molar refractivity (Wildman–Crippen MR) is 109 cm³/mol. The van der Waals surface area contributed by atoms with Crippen LogP contribution in [-0.4, -0.2) is 30.7 Å². The highest BCUT2D eigenvalue weighted by Crippen LogP contribution is 2.32. The van der Waals surface area contributed by atoms with E-state index in [0.29, 0.717) is 17.4 Å². The number of rotatable bonds is 8. The number of aromatic nitrogens is 2. The summed E-state index contributed by atoms with van der Waals surface area (Å²) in [6, 6.07) is 17.4. The number of nitrogens with one attached hydrogen (secondary N) is 2. The van der Waals surface area contributed by atoms with Crippen molar-refractivity contribution in [2.75, 3.05) is 31.4 Å². The molecule has 0 aliphatic rings. The lowest BCUT2D eigenvalue weighted by atomic mass is 10.2. The molecule has 0 saturated carbocycles. The zero-order valence-electron chi connectivity index (χ0n) is 15.8. The van der Waals surface area contributed by atoms with Gasteiger partial charge in [0.25, 0.3) is 0 Å². The summed E-state index contributed by atoms with van der Waals surface area (Å²) in [7, 11) is 3.27. The van der Waals surface area contributed by atoms with Crippen LogP contribution in [-0.2, 0) is 0 Å². The van der Waals surface area contributed by atoms with E-state index < -0.39 is 0 Å². The van der Waals surface area contributed by atoms with Crippen molar-refractivity contribution in [2.45, 2.75) is 13.3 Å². The summed E-state index contributed by atoms with van der Waals surface area (Å²) in [4.78, 5) is 9.32. The first kappa shape index (κ1) is 18.5. The zero-order valence-corrected chi connectivity index (χ0v) is 15.8. The third kappa shape index (κ3) is 4.67. The van der Waals surface area contributed by atoms with Crippen molar-refractivity contribution in [3.8, 4) is 22.9 Å². The van der Waals surface area contributed by atoms with Gasteiger partial charge >= 0.3 is 0 Å². The minimum Gasteiger partial charge on any atom is -0.497 e. The summed E-state index contributed by atoms with van der Waals surface area (Å²) < 4.78 is 10.8. The summed E-state index contributed by atoms with van der Waals surface area (Å²) >= 11 is 0. The van der Waals surface area contributed by atoms with Gasteiger partial charge in [-0.05, 0) is 18.6 Å². The molecule has 6 nitrogen and oxygen atoms in total. The molecule has 0 fully saturated rings. The molecule has 1 heterocycles. The van der Waals surface area contributed by atoms with E-state index >= 15 is 0 Å². The largest absolute Gasteiger partial charge is 0.497 e. The Morgan fingerprint density at radius 1 is 0.889 bits per heavy atom. The normalized spacial score (nSPS) is 10.3. The summed E-state index contributed by atoms with van der Waals surface area (Å²) in [6.07, 6.45) is 1.01. The van der Waals surface area contributed by atoms with Crippen molar-refractivity contribution >= 4 is 17.3 Å². The average molecular weight is 364 g/mol. The summed E-state index contributed by atoms with van der Waals surface area (Å²) in [5.41, 5.74) is 1.73. The van der Waals surface area contributed by atoms with Crippen molar-refractivity contribution in [1.82, 2.24) is 9.97 Å². The Morgan fingerprint density at radius 3 is 2.37 bits per heavy atom. The van der Waals surface area contributed by atoms with Crippen molar-refractivity contribution in [3.63, 3.8) is 0 Å². The molecule has 1 aromatic heterocycles. The summed E-state index contributed by atoms with van der Waals surface area (Å²) in [5, 5.41) is 6.66. The van der Waals surface area contributed by atoms with Gasteiger partial charge < -0.3 is 20.1 Å². The Hall–Kier alpha value is -3.28. The maximum atomic E-state index is 5.45. The van der Waals surface area contributed by atoms with E-state index in [1.165, 1.54) is 0 Å². The van der Waals surface area contributed by atoms with Gasteiger partial charge in [-0.3, -0.25) is 0 Å². The fraction of sp³-hybridized carbons (Fsp3) is 0.238. The van der Waals surface area contributed by atoms with Crippen LogP contribution in [0.5, 0.6) is 11.5 Å². The first-order valence-corrected chi connectivity index (χ1v) is 8.91. The molecule has 140 valence electrons. The minimum absolute atomic E-state index is 0.654. The smallest absolute Gasteiger partial charge is 0.163 e. The monoisotopic (exact) mass is 364 g/mol. The lowest BCUT2D eigenvalue weighted by Gasteiger charge is -2.14. The molecule has 0 unspecified atom stereocenters. The Bertz CT molecular complexity index is 885. The van der Waals surface area contributed by atoms with Gasteiger partial charge in [0.1, 0.15) is 23.1 Å². The van der Waals surface area contributed by atoms with Gasteiger partial charge in [-0.1, -0.05) is 37.3 Å². The number of hydrogen-bond acceptors (Lipinski definition) is 6. The standard InChI is InChI=1S/C21H24N4O2/c1-4-12-22-19-14-20(25-21(24-19)15-8-6-5-7-9-15)23-17-13-16(26-2)10-11-18(17)27-3/h5-11,13-14H,4,12H2,1-3H3,(H2,22,23,24,25). The van der Waals surface area contributed by atoms with Gasteiger partial charge in [0.05, 0.1) is 19.9 Å². The molecule has 0 spiro atoms. The number of benzene rings is 2. The van der Waals surface area contributed by atoms with Crippen LogP contribution in [0.3, 0.4) is 0 Å². The zero-order chi connectivity index (χ0) is 19.1. The van der Waals surface area contributed by atoms with Gasteiger partial charge in [0.2, 0.25) is 0 Å². The number of nitrogens with zero attached hydrogens (tertiary/aromatic N) is 2. The molecular weight excluding hydrogens is 340 g/mol. The van der Waals surface area contributed by atoms with Gasteiger partial charge in [0.15, 0.2) is 5.82 Å². The van der Waals surface area contributed by atoms with Crippen molar-refractivity contribution < 1.29 is 9.47 Å². The first-order chi connectivity index (χ1) is 13.2. The third-order valence-corrected chi connectivity index (χ3v) is 3.98. The van der Waals surface area contributed by atoms with Crippen LogP contribution in [0.15, 0.2) is 54.6 Å². The van der Waals surface area contributed by atoms with Gasteiger partial charge in [-0.2, -0.15) is 0 Å². The number of methoxy groups -OCH3 is 2. The van der Waals surface area contributed by atoms with E-state index in [1.807, 2.05) is 54.6 Å². The van der Waals surface area contributed by atoms with E-state index in [4.69, 9.17) is 9.47 Å². The third-order valence-electron chi connectivity index (χ3n) is 3.98. The predicted octanol–water partition coefficient (Wildman–Crippen LogP) is 4.73. The highest BCUT2D eigenvalue weighted by molar-refractivity contribution is 5.69. The maximum Gasteiger partial charge on any atom is 0.163 e. The molecular formula is C21H24N4O2. The van der Waals surface area contributed by atoms with Crippen LogP contribution in [0.2, 0.25) is 0 Å². The summed E-state index contributed by atoms with van der Waals surface area (Å²) in [5.74, 6) is 3.55. The van der Waals surface area contributed by atoms with Crippen LogP contribution in [0, 0.1) is 0 Å². The molecule has 0 saturated heterocycles. The lowest BCUT2D eigenvalue weighted by molar-refractivity contribution is 0.405. The molecule has 3 aromatic rings. The maximum absolute atomic E-state index is 5.45. The van der Waals surface area contributed by atoms with E-state index in [1.54, 1.807) is 14.2 Å². The van der Waals surface area contributed by atoms with Crippen LogP contribution < -0.4 is 20.1 Å². The van der Waals surface area contributed by atoms with Crippen LogP contribution in [0.4, 0.5) is 17.3 Å². The molecule has 0 amide bonds. The van der Waals surface area contributed by atoms with Crippen LogP contribution >= 0.6 is 0 Å². The molecule has 2 N–H and O–H groups in total. The fourth-order valence-corrected chi connectivity index (χ4v) is 2.62. The number of hydrogen-bond donors (Lipinski definition) is 2. The molecule has 0 radical (unpaired) electrons. The summed E-state index contributed by atoms with van der Waals surface area (Å²) in [6.45, 7) is 2.96. The highest BCUT2D eigenvalue weighted by Gasteiger charge is 2.10. The SMILES string of the molecule is CCCNc1cc(Nc2cc(OC)ccc2OC)nc(-c2ccccc2)n1. The fourth-order valence-electron chi connectivity index (χ4n) is 2.62. The minimum atomic E-state index is 0.654. The second-order valence-electron chi connectivity index (χ2n) is 5.95. The first-order valence-electron chi connectivity index (χ1n) is 8.91. The molecule has 0 aliphatic carbocycles. The van der Waals surface area contributed by atoms with Crippen LogP contribution in [0.1, 0.15) is 13.3 Å². The lowest BCUT2D eigenvalue weighted by Crippen LogP contribution is -2.06. The molecule has 6 heteroatoms. The second kappa shape index (κ2) is 8.89. The average Bonchev–Trinajstić information content (AvgIpc) is 2.72. The van der Waals surface area contributed by atoms with Crippen LogP contribution in [0.25, 0.3) is 11.4 Å². The Labute approximate surface area is 159 Å². The quantitative estimate of drug-likeness (QED) is 0.602. The van der Waals surface area contributed by atoms with Crippen molar-refractivity contribution in [2.24, 2.45) is 0 Å². The molecule has 27 heavy (non-hydrogen) atoms. The number of ether oxygens (including phenoxy) is 2. The van der Waals surface area contributed by atoms with E-state index in [9.17, 15) is 0 Å². The van der Waals surface area contributed by atoms with Gasteiger partial charge in [-0.25, -0.2) is 9.97 Å². The van der Waals surface area contributed by atoms with E-state index in [2.05, 4.69) is 27.5 Å². The Kier molecular flexibility index (Phi) is 6.10. The second-order valence-corrected chi connectivity index (χ2v) is 5.95.